The van der Waals surface area contributed by atoms with Gasteiger partial charge in [0.25, 0.3) is 0 Å². The number of aromatic amines is 1. The second kappa shape index (κ2) is 13.9. The summed E-state index contributed by atoms with van der Waals surface area (Å²) in [5.74, 6) is 0.947. The van der Waals surface area contributed by atoms with Crippen molar-refractivity contribution in [1.29, 1.82) is 0 Å². The van der Waals surface area contributed by atoms with E-state index in [-0.39, 0.29) is 24.3 Å². The summed E-state index contributed by atoms with van der Waals surface area (Å²) in [5.41, 5.74) is 4.44. The molecule has 0 fully saturated rings. The van der Waals surface area contributed by atoms with Gasteiger partial charge in [-0.05, 0) is 50.5 Å². The van der Waals surface area contributed by atoms with Crippen molar-refractivity contribution in [3.63, 3.8) is 0 Å². The van der Waals surface area contributed by atoms with E-state index in [0.29, 0.717) is 58.4 Å². The van der Waals surface area contributed by atoms with Gasteiger partial charge in [-0.2, -0.15) is 0 Å². The van der Waals surface area contributed by atoms with E-state index in [1.165, 1.54) is 12.1 Å². The number of ether oxygens (including phenoxy) is 1. The fraction of sp³-hybridized carbons (Fsp3) is 0.333. The Morgan fingerprint density at radius 2 is 1.83 bits per heavy atom. The second-order valence-electron chi connectivity index (χ2n) is 9.97. The smallest absolute Gasteiger partial charge is 0.227 e. The molecule has 0 aliphatic heterocycles. The molecule has 0 atom stereocenters. The number of hydrogen-bond donors (Lipinski definition) is 4. The number of H-pyrrole nitrogens is 1. The van der Waals surface area contributed by atoms with E-state index in [1.54, 1.807) is 38.4 Å². The molecule has 12 heteroatoms. The van der Waals surface area contributed by atoms with Crippen LogP contribution in [0.5, 0.6) is 5.75 Å². The first-order valence-corrected chi connectivity index (χ1v) is 13.7. The predicted octanol–water partition coefficient (Wildman–Crippen LogP) is 4.31. The first kappa shape index (κ1) is 30.4. The average molecular weight is 577 g/mol. The normalized spacial score (nSPS) is 11.0. The molecule has 0 aliphatic rings. The molecule has 2 aromatic heterocycles. The molecule has 222 valence electrons. The second-order valence-corrected chi connectivity index (χ2v) is 9.97. The number of carbonyl (C=O) groups excluding carboxylic acids is 1. The number of aliphatic hydroxyl groups is 1. The molecule has 4 N–H and O–H groups in total. The number of hydrogen-bond acceptors (Lipinski definition) is 9. The predicted molar refractivity (Wildman–Crippen MR) is 163 cm³/mol. The van der Waals surface area contributed by atoms with Crippen LogP contribution in [0.2, 0.25) is 0 Å². The molecule has 0 radical (unpaired) electrons. The first-order chi connectivity index (χ1) is 20.2. The monoisotopic (exact) mass is 576 g/mol. The molecule has 0 aliphatic carbocycles. The molecule has 2 aromatic carbocycles. The van der Waals surface area contributed by atoms with Gasteiger partial charge in [-0.1, -0.05) is 6.92 Å². The van der Waals surface area contributed by atoms with Crippen molar-refractivity contribution < 1.29 is 19.0 Å². The number of imidazole rings is 1. The third-order valence-electron chi connectivity index (χ3n) is 6.58. The molecule has 0 saturated carbocycles. The minimum absolute atomic E-state index is 0.0799. The zero-order valence-electron chi connectivity index (χ0n) is 24.5. The van der Waals surface area contributed by atoms with Gasteiger partial charge in [-0.15, -0.1) is 0 Å². The first-order valence-electron chi connectivity index (χ1n) is 13.7. The summed E-state index contributed by atoms with van der Waals surface area (Å²) in [6.45, 7) is 3.29. The van der Waals surface area contributed by atoms with Crippen LogP contribution >= 0.6 is 0 Å². The maximum atomic E-state index is 13.6. The van der Waals surface area contributed by atoms with E-state index in [1.807, 2.05) is 33.3 Å². The van der Waals surface area contributed by atoms with Crippen LogP contribution in [-0.4, -0.2) is 83.8 Å². The van der Waals surface area contributed by atoms with Crippen LogP contribution in [-0.2, 0) is 11.2 Å². The van der Waals surface area contributed by atoms with Crippen LogP contribution in [0.1, 0.15) is 19.2 Å². The number of aromatic nitrogens is 4. The Labute approximate surface area is 244 Å². The van der Waals surface area contributed by atoms with Gasteiger partial charge in [0.2, 0.25) is 11.9 Å². The molecule has 0 unspecified atom stereocenters. The van der Waals surface area contributed by atoms with Crippen molar-refractivity contribution in [2.24, 2.45) is 0 Å². The van der Waals surface area contributed by atoms with Crippen LogP contribution in [0.15, 0.2) is 48.7 Å². The molecular formula is C30H37FN8O3. The number of halogens is 1. The number of rotatable bonds is 13. The Kier molecular flexibility index (Phi) is 10.0. The van der Waals surface area contributed by atoms with Gasteiger partial charge in [0.1, 0.15) is 17.4 Å². The van der Waals surface area contributed by atoms with Gasteiger partial charge >= 0.3 is 0 Å². The van der Waals surface area contributed by atoms with E-state index >= 15 is 0 Å². The summed E-state index contributed by atoms with van der Waals surface area (Å²) in [6, 6.07) is 11.4. The topological polar surface area (TPSA) is 132 Å². The molecule has 4 rings (SSSR count). The quantitative estimate of drug-likeness (QED) is 0.184. The highest BCUT2D eigenvalue weighted by atomic mass is 19.1. The number of methoxy groups -OCH3 is 1. The number of nitrogens with zero attached hydrogens (tertiary/aromatic N) is 5. The minimum Gasteiger partial charge on any atom is -0.494 e. The average Bonchev–Trinajstić information content (AvgIpc) is 3.40. The lowest BCUT2D eigenvalue weighted by Gasteiger charge is -2.26. The molecule has 42 heavy (non-hydrogen) atoms. The molecule has 1 amide bonds. The summed E-state index contributed by atoms with van der Waals surface area (Å²) in [7, 11) is 7.56. The standard InChI is InChI=1S/C30H37FN8O3/c1-6-27(41)33-22-17-23(25(42-5)18-24(22)39(4)15-14-38(2)3)35-30-32-13-11-21(34-30)29-28(36-26(37-29)12-16-40)19-7-9-20(31)10-8-19/h7-11,13,17-18,40H,6,12,14-16H2,1-5H3,(H,33,41)(H,36,37)(H,32,34,35). The molecular weight excluding hydrogens is 539 g/mol. The van der Waals surface area contributed by atoms with Crippen molar-refractivity contribution >= 4 is 28.9 Å². The summed E-state index contributed by atoms with van der Waals surface area (Å²) >= 11 is 0. The summed E-state index contributed by atoms with van der Waals surface area (Å²) in [4.78, 5) is 33.5. The molecule has 0 bridgehead atoms. The van der Waals surface area contributed by atoms with Crippen LogP contribution in [0.4, 0.5) is 27.4 Å². The van der Waals surface area contributed by atoms with Gasteiger partial charge in [-0.3, -0.25) is 4.79 Å². The number of benzene rings is 2. The Morgan fingerprint density at radius 3 is 2.50 bits per heavy atom. The van der Waals surface area contributed by atoms with Gasteiger partial charge in [-0.25, -0.2) is 19.3 Å². The highest BCUT2D eigenvalue weighted by Crippen LogP contribution is 2.38. The van der Waals surface area contributed by atoms with Crippen LogP contribution in [0, 0.1) is 5.82 Å². The van der Waals surface area contributed by atoms with Gasteiger partial charge in [0, 0.05) is 50.8 Å². The summed E-state index contributed by atoms with van der Waals surface area (Å²) in [5, 5.41) is 15.7. The van der Waals surface area contributed by atoms with Crippen molar-refractivity contribution in [1.82, 2.24) is 24.8 Å². The largest absolute Gasteiger partial charge is 0.494 e. The van der Waals surface area contributed by atoms with Gasteiger partial charge in [0.15, 0.2) is 0 Å². The molecule has 11 nitrogen and oxygen atoms in total. The van der Waals surface area contributed by atoms with Gasteiger partial charge in [0.05, 0.1) is 47.9 Å². The Hall–Kier alpha value is -4.55. The van der Waals surface area contributed by atoms with Crippen molar-refractivity contribution in [2.75, 3.05) is 63.5 Å². The molecule has 0 saturated heterocycles. The van der Waals surface area contributed by atoms with Crippen molar-refractivity contribution in [3.05, 3.63) is 60.3 Å². The molecule has 0 spiro atoms. The number of nitrogens with one attached hydrogen (secondary N) is 3. The maximum absolute atomic E-state index is 13.6. The zero-order valence-corrected chi connectivity index (χ0v) is 24.5. The lowest BCUT2D eigenvalue weighted by atomic mass is 10.1. The van der Waals surface area contributed by atoms with E-state index in [0.717, 1.165) is 18.8 Å². The number of carbonyl (C=O) groups is 1. The highest BCUT2D eigenvalue weighted by Gasteiger charge is 2.19. The van der Waals surface area contributed by atoms with E-state index < -0.39 is 0 Å². The van der Waals surface area contributed by atoms with Crippen molar-refractivity contribution in [2.45, 2.75) is 19.8 Å². The fourth-order valence-electron chi connectivity index (χ4n) is 4.29. The highest BCUT2D eigenvalue weighted by molar-refractivity contribution is 5.96. The number of aliphatic hydroxyl groups excluding tert-OH is 1. The van der Waals surface area contributed by atoms with Crippen LogP contribution in [0.25, 0.3) is 22.6 Å². The zero-order chi connectivity index (χ0) is 30.2. The molecule has 4 aromatic rings. The van der Waals surface area contributed by atoms with Crippen molar-refractivity contribution in [3.8, 4) is 28.4 Å². The van der Waals surface area contributed by atoms with E-state index in [2.05, 4.69) is 35.4 Å². The fourth-order valence-corrected chi connectivity index (χ4v) is 4.29. The van der Waals surface area contributed by atoms with Crippen LogP contribution < -0.4 is 20.3 Å². The lowest BCUT2D eigenvalue weighted by molar-refractivity contribution is -0.115. The SMILES string of the molecule is CCC(=O)Nc1cc(Nc2nccc(-c3[nH]c(CCO)nc3-c3ccc(F)cc3)n2)c(OC)cc1N(C)CCN(C)C. The minimum atomic E-state index is -0.349. The van der Waals surface area contributed by atoms with Crippen LogP contribution in [0.3, 0.4) is 0 Å². The Balaban J connectivity index is 1.71. The van der Waals surface area contributed by atoms with E-state index in [4.69, 9.17) is 9.72 Å². The van der Waals surface area contributed by atoms with E-state index in [9.17, 15) is 14.3 Å². The Morgan fingerprint density at radius 1 is 1.07 bits per heavy atom. The number of anilines is 4. The lowest BCUT2D eigenvalue weighted by Crippen LogP contribution is -2.29. The molecule has 2 heterocycles. The summed E-state index contributed by atoms with van der Waals surface area (Å²) < 4.78 is 19.3. The third-order valence-corrected chi connectivity index (χ3v) is 6.58. The summed E-state index contributed by atoms with van der Waals surface area (Å²) in [6.07, 6.45) is 2.27. The number of likely N-dealkylation sites (N-methyl/N-ethyl adjacent to an activating group) is 2. The Bertz CT molecular complexity index is 1510. The number of amides is 1. The van der Waals surface area contributed by atoms with Gasteiger partial charge < -0.3 is 35.3 Å². The third kappa shape index (κ3) is 7.39. The maximum Gasteiger partial charge on any atom is 0.227 e.